The first kappa shape index (κ1) is 21.9. The van der Waals surface area contributed by atoms with Gasteiger partial charge < -0.3 is 14.6 Å². The van der Waals surface area contributed by atoms with Crippen LogP contribution in [0.1, 0.15) is 0 Å². The first-order valence-electron chi connectivity index (χ1n) is 10.6. The standard InChI is InChI=1S/C24H22ClN3O4S/c25-19-13-17(3-6-21(19)32-12-9-27-7-10-31-11-8-27)28-15-26-20-14-22(33-23(20)24(28)30)16-1-4-18(29)5-2-16/h1-6,13-15,29H,7-12H2. The lowest BCUT2D eigenvalue weighted by Gasteiger charge is -2.26. The van der Waals surface area contributed by atoms with Crippen LogP contribution in [0.15, 0.2) is 59.7 Å². The second-order valence-corrected chi connectivity index (χ2v) is 9.17. The van der Waals surface area contributed by atoms with Gasteiger partial charge in [0.25, 0.3) is 5.56 Å². The van der Waals surface area contributed by atoms with Crippen molar-refractivity contribution in [3.8, 4) is 27.6 Å². The average Bonchev–Trinajstić information content (AvgIpc) is 3.27. The molecule has 7 nitrogen and oxygen atoms in total. The number of thiophene rings is 1. The van der Waals surface area contributed by atoms with Gasteiger partial charge in [-0.15, -0.1) is 11.3 Å². The molecule has 9 heteroatoms. The number of nitrogens with zero attached hydrogens (tertiary/aromatic N) is 3. The van der Waals surface area contributed by atoms with E-state index in [1.54, 1.807) is 30.3 Å². The van der Waals surface area contributed by atoms with E-state index in [9.17, 15) is 9.90 Å². The van der Waals surface area contributed by atoms with E-state index in [0.29, 0.717) is 33.3 Å². The number of aromatic hydroxyl groups is 1. The summed E-state index contributed by atoms with van der Waals surface area (Å²) >= 11 is 7.83. The molecule has 2 aromatic carbocycles. The summed E-state index contributed by atoms with van der Waals surface area (Å²) in [7, 11) is 0. The van der Waals surface area contributed by atoms with Crippen LogP contribution < -0.4 is 10.3 Å². The number of fused-ring (bicyclic) bond motifs is 1. The van der Waals surface area contributed by atoms with Crippen LogP contribution in [-0.2, 0) is 4.74 Å². The number of hydrogen-bond donors (Lipinski definition) is 1. The number of benzene rings is 2. The molecule has 5 rings (SSSR count). The highest BCUT2D eigenvalue weighted by atomic mass is 35.5. The van der Waals surface area contributed by atoms with Crippen molar-refractivity contribution in [1.29, 1.82) is 0 Å². The molecule has 1 aliphatic heterocycles. The molecular weight excluding hydrogens is 462 g/mol. The van der Waals surface area contributed by atoms with Crippen molar-refractivity contribution in [2.45, 2.75) is 0 Å². The molecule has 1 fully saturated rings. The third-order valence-corrected chi connectivity index (χ3v) is 7.01. The molecule has 33 heavy (non-hydrogen) atoms. The normalized spacial score (nSPS) is 14.6. The summed E-state index contributed by atoms with van der Waals surface area (Å²) in [6.45, 7) is 4.66. The van der Waals surface area contributed by atoms with E-state index < -0.39 is 0 Å². The summed E-state index contributed by atoms with van der Waals surface area (Å²) < 4.78 is 13.3. The summed E-state index contributed by atoms with van der Waals surface area (Å²) in [5.74, 6) is 0.784. The minimum absolute atomic E-state index is 0.160. The fourth-order valence-electron chi connectivity index (χ4n) is 3.73. The molecule has 0 amide bonds. The second kappa shape index (κ2) is 9.52. The van der Waals surface area contributed by atoms with Crippen molar-refractivity contribution in [2.75, 3.05) is 39.5 Å². The molecular formula is C24H22ClN3O4S. The number of phenolic OH excluding ortho intramolecular Hbond substituents is 1. The third kappa shape index (κ3) is 4.74. The molecule has 0 unspecified atom stereocenters. The highest BCUT2D eigenvalue weighted by Crippen LogP contribution is 2.32. The Morgan fingerprint density at radius 1 is 1.12 bits per heavy atom. The minimum atomic E-state index is -0.160. The van der Waals surface area contributed by atoms with Crippen molar-refractivity contribution in [3.63, 3.8) is 0 Å². The summed E-state index contributed by atoms with van der Waals surface area (Å²) in [6, 6.07) is 14.1. The molecule has 1 N–H and O–H groups in total. The maximum absolute atomic E-state index is 13.2. The van der Waals surface area contributed by atoms with Crippen molar-refractivity contribution in [3.05, 3.63) is 70.2 Å². The van der Waals surface area contributed by atoms with E-state index in [2.05, 4.69) is 9.88 Å². The summed E-state index contributed by atoms with van der Waals surface area (Å²) in [5, 5.41) is 9.95. The topological polar surface area (TPSA) is 76.8 Å². The molecule has 0 radical (unpaired) electrons. The number of phenols is 1. The molecule has 4 aromatic rings. The molecule has 2 aromatic heterocycles. The Bertz CT molecular complexity index is 1330. The van der Waals surface area contributed by atoms with Crippen molar-refractivity contribution in [1.82, 2.24) is 14.5 Å². The van der Waals surface area contributed by atoms with Crippen LogP contribution in [0.2, 0.25) is 5.02 Å². The summed E-state index contributed by atoms with van der Waals surface area (Å²) in [6.07, 6.45) is 1.52. The van der Waals surface area contributed by atoms with Gasteiger partial charge in [-0.1, -0.05) is 11.6 Å². The van der Waals surface area contributed by atoms with Gasteiger partial charge in [0.2, 0.25) is 0 Å². The largest absolute Gasteiger partial charge is 0.508 e. The zero-order valence-electron chi connectivity index (χ0n) is 17.7. The van der Waals surface area contributed by atoms with Gasteiger partial charge in [0, 0.05) is 24.5 Å². The Morgan fingerprint density at radius 2 is 1.91 bits per heavy atom. The zero-order valence-corrected chi connectivity index (χ0v) is 19.3. The average molecular weight is 484 g/mol. The number of ether oxygens (including phenoxy) is 2. The fraction of sp³-hybridized carbons (Fsp3) is 0.250. The number of hydrogen-bond acceptors (Lipinski definition) is 7. The van der Waals surface area contributed by atoms with Crippen LogP contribution >= 0.6 is 22.9 Å². The smallest absolute Gasteiger partial charge is 0.275 e. The first-order chi connectivity index (χ1) is 16.1. The number of rotatable bonds is 6. The molecule has 0 bridgehead atoms. The van der Waals surface area contributed by atoms with E-state index in [-0.39, 0.29) is 11.3 Å². The summed E-state index contributed by atoms with van der Waals surface area (Å²) in [5.41, 5.74) is 2.02. The predicted molar refractivity (Wildman–Crippen MR) is 130 cm³/mol. The molecule has 0 spiro atoms. The SMILES string of the molecule is O=c1c2sc(-c3ccc(O)cc3)cc2ncn1-c1ccc(OCCN2CCOCC2)c(Cl)c1. The molecule has 3 heterocycles. The van der Waals surface area contributed by atoms with Gasteiger partial charge in [-0.3, -0.25) is 14.3 Å². The van der Waals surface area contributed by atoms with Gasteiger partial charge in [-0.2, -0.15) is 0 Å². The predicted octanol–water partition coefficient (Wildman–Crippen LogP) is 4.18. The lowest BCUT2D eigenvalue weighted by atomic mass is 10.2. The quantitative estimate of drug-likeness (QED) is 0.443. The Labute approximate surface area is 199 Å². The Hall–Kier alpha value is -2.91. The van der Waals surface area contributed by atoms with Gasteiger partial charge in [0.1, 0.15) is 29.1 Å². The van der Waals surface area contributed by atoms with Crippen LogP contribution in [0.4, 0.5) is 0 Å². The van der Waals surface area contributed by atoms with Crippen molar-refractivity contribution >= 4 is 33.2 Å². The van der Waals surface area contributed by atoms with Gasteiger partial charge in [-0.05, 0) is 54.1 Å². The second-order valence-electron chi connectivity index (χ2n) is 7.71. The molecule has 0 aliphatic carbocycles. The maximum atomic E-state index is 13.2. The van der Waals surface area contributed by atoms with Crippen LogP contribution in [0.3, 0.4) is 0 Å². The fourth-order valence-corrected chi connectivity index (χ4v) is 5.01. The highest BCUT2D eigenvalue weighted by molar-refractivity contribution is 7.22. The molecule has 170 valence electrons. The van der Waals surface area contributed by atoms with E-state index in [4.69, 9.17) is 21.1 Å². The van der Waals surface area contributed by atoms with E-state index in [0.717, 1.165) is 43.3 Å². The van der Waals surface area contributed by atoms with Gasteiger partial charge in [-0.25, -0.2) is 4.98 Å². The minimum Gasteiger partial charge on any atom is -0.508 e. The van der Waals surface area contributed by atoms with Crippen molar-refractivity contribution < 1.29 is 14.6 Å². The molecule has 0 atom stereocenters. The van der Waals surface area contributed by atoms with E-state index in [1.165, 1.54) is 22.2 Å². The zero-order chi connectivity index (χ0) is 22.8. The first-order valence-corrected chi connectivity index (χ1v) is 11.8. The number of aromatic nitrogens is 2. The Morgan fingerprint density at radius 3 is 2.67 bits per heavy atom. The third-order valence-electron chi connectivity index (χ3n) is 5.55. The Kier molecular flexibility index (Phi) is 6.32. The van der Waals surface area contributed by atoms with Crippen LogP contribution in [0.25, 0.3) is 26.3 Å². The van der Waals surface area contributed by atoms with Crippen LogP contribution in [0.5, 0.6) is 11.5 Å². The number of halogens is 1. The Balaban J connectivity index is 1.36. The summed E-state index contributed by atoms with van der Waals surface area (Å²) in [4.78, 5) is 20.8. The van der Waals surface area contributed by atoms with Crippen LogP contribution in [0, 0.1) is 0 Å². The van der Waals surface area contributed by atoms with Gasteiger partial charge in [0.05, 0.1) is 29.4 Å². The maximum Gasteiger partial charge on any atom is 0.275 e. The molecule has 1 aliphatic rings. The number of morpholine rings is 1. The lowest BCUT2D eigenvalue weighted by Crippen LogP contribution is -2.38. The van der Waals surface area contributed by atoms with Gasteiger partial charge >= 0.3 is 0 Å². The van der Waals surface area contributed by atoms with Crippen LogP contribution in [-0.4, -0.2) is 59.0 Å². The van der Waals surface area contributed by atoms with Gasteiger partial charge in [0.15, 0.2) is 0 Å². The van der Waals surface area contributed by atoms with Crippen molar-refractivity contribution in [2.24, 2.45) is 0 Å². The molecule has 0 saturated carbocycles. The molecule has 1 saturated heterocycles. The highest BCUT2D eigenvalue weighted by Gasteiger charge is 2.14. The van der Waals surface area contributed by atoms with E-state index in [1.807, 2.05) is 18.2 Å². The van der Waals surface area contributed by atoms with E-state index >= 15 is 0 Å². The monoisotopic (exact) mass is 483 g/mol. The lowest BCUT2D eigenvalue weighted by molar-refractivity contribution is 0.0322.